The fourth-order valence-electron chi connectivity index (χ4n) is 1.85. The molecule has 1 aliphatic rings. The zero-order valence-electron chi connectivity index (χ0n) is 8.38. The Bertz CT molecular complexity index is 407. The second-order valence-corrected chi connectivity index (χ2v) is 3.72. The predicted octanol–water partition coefficient (Wildman–Crippen LogP) is -0.283. The van der Waals surface area contributed by atoms with E-state index >= 15 is 0 Å². The summed E-state index contributed by atoms with van der Waals surface area (Å²) in [4.78, 5) is 12.6. The van der Waals surface area contributed by atoms with E-state index in [0.29, 0.717) is 23.1 Å². The summed E-state index contributed by atoms with van der Waals surface area (Å²) in [7, 11) is 1.54. The van der Waals surface area contributed by atoms with E-state index in [1.807, 2.05) is 0 Å². The molecule has 5 heteroatoms. The molecular weight excluding hydrogens is 196 g/mol. The third-order valence-corrected chi connectivity index (χ3v) is 2.85. The van der Waals surface area contributed by atoms with Crippen molar-refractivity contribution in [3.8, 4) is 0 Å². The van der Waals surface area contributed by atoms with E-state index in [-0.39, 0.29) is 5.91 Å². The lowest BCUT2D eigenvalue weighted by atomic mass is 10.0. The van der Waals surface area contributed by atoms with Gasteiger partial charge in [0.1, 0.15) is 0 Å². The monoisotopic (exact) mass is 208 g/mol. The first-order valence-corrected chi connectivity index (χ1v) is 4.72. The number of carbonyl (C=O) groups excluding carboxylic acids is 1. The number of pyridine rings is 1. The van der Waals surface area contributed by atoms with Gasteiger partial charge in [-0.1, -0.05) is 0 Å². The van der Waals surface area contributed by atoms with E-state index in [1.54, 1.807) is 12.1 Å². The van der Waals surface area contributed by atoms with E-state index in [9.17, 15) is 15.1 Å². The van der Waals surface area contributed by atoms with Crippen LogP contribution in [0.3, 0.4) is 0 Å². The Balaban J connectivity index is 2.42. The molecule has 0 aliphatic carbocycles. The number of likely N-dealkylation sites (tertiary alicyclic amines) is 1. The molecule has 1 atom stereocenters. The lowest BCUT2D eigenvalue weighted by Gasteiger charge is -2.29. The van der Waals surface area contributed by atoms with Crippen molar-refractivity contribution in [3.05, 3.63) is 35.3 Å². The summed E-state index contributed by atoms with van der Waals surface area (Å²) in [6, 6.07) is 3.19. The summed E-state index contributed by atoms with van der Waals surface area (Å²) in [5, 5.41) is 21.4. The van der Waals surface area contributed by atoms with E-state index in [2.05, 4.69) is 0 Å². The number of aromatic nitrogens is 1. The van der Waals surface area contributed by atoms with Crippen LogP contribution in [0.25, 0.3) is 0 Å². The van der Waals surface area contributed by atoms with Crippen LogP contribution in [-0.4, -0.2) is 23.0 Å². The highest BCUT2D eigenvalue weighted by atomic mass is 16.5. The minimum Gasteiger partial charge on any atom is -0.619 e. The Hall–Kier alpha value is -1.62. The topological polar surface area (TPSA) is 67.5 Å². The Labute approximate surface area is 87.1 Å². The van der Waals surface area contributed by atoms with Crippen LogP contribution in [0.15, 0.2) is 24.5 Å². The van der Waals surface area contributed by atoms with Crippen LogP contribution in [0.4, 0.5) is 0 Å². The average molecular weight is 208 g/mol. The maximum absolute atomic E-state index is 11.3. The number of amides is 1. The van der Waals surface area contributed by atoms with Gasteiger partial charge < -0.3 is 15.2 Å². The maximum atomic E-state index is 11.3. The zero-order chi connectivity index (χ0) is 11.1. The standard InChI is InChI=1S/C10H12N2O3/c1-11-9(13)4-5-10(11,14)8-3-2-6-12(15)7-8/h2-3,6-7,14H,4-5H2,1H3. The lowest BCUT2D eigenvalue weighted by Crippen LogP contribution is -2.42. The Morgan fingerprint density at radius 2 is 2.40 bits per heavy atom. The maximum Gasteiger partial charge on any atom is 0.225 e. The van der Waals surface area contributed by atoms with Gasteiger partial charge in [0.15, 0.2) is 18.1 Å². The van der Waals surface area contributed by atoms with Crippen LogP contribution in [0.1, 0.15) is 18.4 Å². The molecule has 5 nitrogen and oxygen atoms in total. The summed E-state index contributed by atoms with van der Waals surface area (Å²) in [5.41, 5.74) is -0.877. The summed E-state index contributed by atoms with van der Waals surface area (Å²) in [6.07, 6.45) is 3.26. The minimum absolute atomic E-state index is 0.112. The number of nitrogens with zero attached hydrogens (tertiary/aromatic N) is 2. The SMILES string of the molecule is CN1C(=O)CCC1(O)c1ccc[n+]([O-])c1. The van der Waals surface area contributed by atoms with Crippen LogP contribution in [0.2, 0.25) is 0 Å². The van der Waals surface area contributed by atoms with E-state index in [0.717, 1.165) is 0 Å². The third kappa shape index (κ3) is 1.45. The number of hydrogen-bond acceptors (Lipinski definition) is 3. The van der Waals surface area contributed by atoms with Crippen molar-refractivity contribution in [1.82, 2.24) is 4.90 Å². The second kappa shape index (κ2) is 3.20. The highest BCUT2D eigenvalue weighted by Crippen LogP contribution is 2.34. The fourth-order valence-corrected chi connectivity index (χ4v) is 1.85. The second-order valence-electron chi connectivity index (χ2n) is 3.72. The Morgan fingerprint density at radius 3 is 2.93 bits per heavy atom. The largest absolute Gasteiger partial charge is 0.619 e. The van der Waals surface area contributed by atoms with Crippen molar-refractivity contribution < 1.29 is 14.6 Å². The molecule has 1 N–H and O–H groups in total. The van der Waals surface area contributed by atoms with Crippen LogP contribution < -0.4 is 4.73 Å². The smallest absolute Gasteiger partial charge is 0.225 e. The molecule has 1 amide bonds. The van der Waals surface area contributed by atoms with E-state index < -0.39 is 5.72 Å². The van der Waals surface area contributed by atoms with Crippen molar-refractivity contribution in [1.29, 1.82) is 0 Å². The van der Waals surface area contributed by atoms with Gasteiger partial charge in [-0.05, 0) is 6.07 Å². The summed E-state index contributed by atoms with van der Waals surface area (Å²) in [5.74, 6) is -0.112. The third-order valence-electron chi connectivity index (χ3n) is 2.85. The molecule has 1 unspecified atom stereocenters. The van der Waals surface area contributed by atoms with Crippen molar-refractivity contribution in [2.24, 2.45) is 0 Å². The van der Waals surface area contributed by atoms with Crippen molar-refractivity contribution >= 4 is 5.91 Å². The van der Waals surface area contributed by atoms with Crippen molar-refractivity contribution in [2.75, 3.05) is 7.05 Å². The van der Waals surface area contributed by atoms with Crippen LogP contribution in [0.5, 0.6) is 0 Å². The molecule has 1 aromatic heterocycles. The first-order valence-electron chi connectivity index (χ1n) is 4.72. The van der Waals surface area contributed by atoms with Crippen molar-refractivity contribution in [3.63, 3.8) is 0 Å². The molecule has 0 aromatic carbocycles. The quantitative estimate of drug-likeness (QED) is 0.509. The molecule has 80 valence electrons. The van der Waals surface area contributed by atoms with Gasteiger partial charge in [0.25, 0.3) is 0 Å². The van der Waals surface area contributed by atoms with Gasteiger partial charge >= 0.3 is 0 Å². The van der Waals surface area contributed by atoms with Gasteiger partial charge in [-0.25, -0.2) is 0 Å². The molecule has 15 heavy (non-hydrogen) atoms. The summed E-state index contributed by atoms with van der Waals surface area (Å²) >= 11 is 0. The first kappa shape index (κ1) is 9.92. The summed E-state index contributed by atoms with van der Waals surface area (Å²) in [6.45, 7) is 0. The Kier molecular flexibility index (Phi) is 2.12. The normalized spacial score (nSPS) is 26.0. The minimum atomic E-state index is -1.33. The molecule has 1 fully saturated rings. The van der Waals surface area contributed by atoms with Crippen LogP contribution >= 0.6 is 0 Å². The number of rotatable bonds is 1. The molecular formula is C10H12N2O3. The Morgan fingerprint density at radius 1 is 1.67 bits per heavy atom. The molecule has 0 saturated carbocycles. The lowest BCUT2D eigenvalue weighted by molar-refractivity contribution is -0.606. The number of aliphatic hydroxyl groups is 1. The first-order chi connectivity index (χ1) is 7.04. The zero-order valence-corrected chi connectivity index (χ0v) is 8.38. The van der Waals surface area contributed by atoms with Gasteiger partial charge in [-0.3, -0.25) is 4.79 Å². The molecule has 1 aromatic rings. The highest BCUT2D eigenvalue weighted by molar-refractivity contribution is 5.79. The molecule has 1 saturated heterocycles. The molecule has 0 spiro atoms. The van der Waals surface area contributed by atoms with Gasteiger partial charge in [-0.15, -0.1) is 0 Å². The molecule has 0 radical (unpaired) electrons. The number of hydrogen-bond donors (Lipinski definition) is 1. The van der Waals surface area contributed by atoms with E-state index in [1.165, 1.54) is 24.3 Å². The summed E-state index contributed by atoms with van der Waals surface area (Å²) < 4.78 is 0.615. The van der Waals surface area contributed by atoms with Gasteiger partial charge in [-0.2, -0.15) is 4.73 Å². The predicted molar refractivity (Wildman–Crippen MR) is 51.3 cm³/mol. The van der Waals surface area contributed by atoms with Gasteiger partial charge in [0.05, 0.1) is 5.56 Å². The van der Waals surface area contributed by atoms with Crippen LogP contribution in [-0.2, 0) is 10.5 Å². The molecule has 0 bridgehead atoms. The van der Waals surface area contributed by atoms with Crippen molar-refractivity contribution in [2.45, 2.75) is 18.6 Å². The molecule has 2 rings (SSSR count). The highest BCUT2D eigenvalue weighted by Gasteiger charge is 2.43. The van der Waals surface area contributed by atoms with Crippen LogP contribution in [0, 0.1) is 5.21 Å². The van der Waals surface area contributed by atoms with Gasteiger partial charge in [0, 0.05) is 26.0 Å². The van der Waals surface area contributed by atoms with Gasteiger partial charge in [0.2, 0.25) is 5.91 Å². The molecule has 2 heterocycles. The molecule has 1 aliphatic heterocycles. The van der Waals surface area contributed by atoms with E-state index in [4.69, 9.17) is 0 Å². The number of carbonyl (C=O) groups is 1. The average Bonchev–Trinajstić information content (AvgIpc) is 2.48. The fraction of sp³-hybridized carbons (Fsp3) is 0.400.